The fraction of sp³-hybridized carbons (Fsp3) is 0.316. The van der Waals surface area contributed by atoms with Crippen molar-refractivity contribution in [3.05, 3.63) is 42.4 Å². The fourth-order valence-corrected chi connectivity index (χ4v) is 3.46. The normalized spacial score (nSPS) is 15.7. The molecule has 4 heterocycles. The average Bonchev–Trinajstić information content (AvgIpc) is 3.27. The second-order valence-electron chi connectivity index (χ2n) is 7.12. The Morgan fingerprint density at radius 1 is 1.31 bits per heavy atom. The molecule has 1 saturated carbocycles. The van der Waals surface area contributed by atoms with Crippen LogP contribution in [0.25, 0.3) is 27.8 Å². The zero-order chi connectivity index (χ0) is 17.8. The van der Waals surface area contributed by atoms with Crippen LogP contribution >= 0.6 is 0 Å². The molecule has 0 aliphatic heterocycles. The van der Waals surface area contributed by atoms with Crippen molar-refractivity contribution < 1.29 is 4.39 Å². The summed E-state index contributed by atoms with van der Waals surface area (Å²) in [5.41, 5.74) is 3.48. The van der Waals surface area contributed by atoms with Crippen LogP contribution in [0.5, 0.6) is 0 Å². The van der Waals surface area contributed by atoms with Gasteiger partial charge in [-0.05, 0) is 38.7 Å². The molecule has 0 saturated heterocycles. The monoisotopic (exact) mass is 350 g/mol. The van der Waals surface area contributed by atoms with Gasteiger partial charge in [0.15, 0.2) is 11.5 Å². The van der Waals surface area contributed by atoms with Gasteiger partial charge in [0.2, 0.25) is 5.95 Å². The van der Waals surface area contributed by atoms with E-state index in [1.54, 1.807) is 10.6 Å². The van der Waals surface area contributed by atoms with Gasteiger partial charge in [-0.2, -0.15) is 4.98 Å². The number of aromatic nitrogens is 5. The zero-order valence-corrected chi connectivity index (χ0v) is 14.6. The Bertz CT molecular complexity index is 1120. The topological polar surface area (TPSA) is 70.9 Å². The molecule has 0 spiro atoms. The molecular formula is C19H19FN6. The van der Waals surface area contributed by atoms with Crippen LogP contribution in [0.4, 0.5) is 10.3 Å². The minimum atomic E-state index is -0.345. The molecule has 1 aliphatic rings. The van der Waals surface area contributed by atoms with Crippen molar-refractivity contribution in [2.45, 2.75) is 32.7 Å². The van der Waals surface area contributed by atoms with Gasteiger partial charge in [-0.1, -0.05) is 0 Å². The zero-order valence-electron chi connectivity index (χ0n) is 14.6. The first-order chi connectivity index (χ1) is 12.6. The van der Waals surface area contributed by atoms with Crippen LogP contribution in [0.3, 0.4) is 0 Å². The molecule has 4 aromatic rings. The number of H-pyrrole nitrogens is 1. The number of rotatable bonds is 4. The van der Waals surface area contributed by atoms with E-state index in [4.69, 9.17) is 0 Å². The summed E-state index contributed by atoms with van der Waals surface area (Å²) >= 11 is 0. The second kappa shape index (κ2) is 5.52. The smallest absolute Gasteiger partial charge is 0.224 e. The molecule has 7 heteroatoms. The number of fused-ring (bicyclic) bond motifs is 2. The molecule has 26 heavy (non-hydrogen) atoms. The van der Waals surface area contributed by atoms with Crippen molar-refractivity contribution in [1.82, 2.24) is 24.3 Å². The van der Waals surface area contributed by atoms with Crippen LogP contribution in [-0.2, 0) is 0 Å². The van der Waals surface area contributed by atoms with E-state index in [0.29, 0.717) is 17.6 Å². The summed E-state index contributed by atoms with van der Waals surface area (Å²) < 4.78 is 16.1. The highest BCUT2D eigenvalue weighted by atomic mass is 19.1. The van der Waals surface area contributed by atoms with E-state index in [1.165, 1.54) is 18.9 Å². The van der Waals surface area contributed by atoms with Crippen LogP contribution in [0, 0.1) is 18.7 Å². The summed E-state index contributed by atoms with van der Waals surface area (Å²) in [6, 6.07) is 1.88. The number of hydrogen-bond donors (Lipinski definition) is 2. The van der Waals surface area contributed by atoms with Crippen molar-refractivity contribution in [3.8, 4) is 11.1 Å². The predicted molar refractivity (Wildman–Crippen MR) is 98.6 cm³/mol. The number of hydrogen-bond acceptors (Lipinski definition) is 4. The number of nitrogens with zero attached hydrogens (tertiary/aromatic N) is 4. The van der Waals surface area contributed by atoms with Crippen LogP contribution in [0.1, 0.15) is 25.5 Å². The molecule has 5 rings (SSSR count). The van der Waals surface area contributed by atoms with E-state index in [9.17, 15) is 4.39 Å². The van der Waals surface area contributed by atoms with E-state index in [0.717, 1.165) is 33.8 Å². The lowest BCUT2D eigenvalue weighted by Gasteiger charge is -2.12. The Morgan fingerprint density at radius 2 is 2.15 bits per heavy atom. The molecule has 2 N–H and O–H groups in total. The third-order valence-electron chi connectivity index (χ3n) is 5.06. The first-order valence-electron chi connectivity index (χ1n) is 8.84. The Balaban J connectivity index is 1.54. The van der Waals surface area contributed by atoms with Crippen LogP contribution in [-0.4, -0.2) is 30.4 Å². The average molecular weight is 350 g/mol. The second-order valence-corrected chi connectivity index (χ2v) is 7.12. The maximum Gasteiger partial charge on any atom is 0.224 e. The van der Waals surface area contributed by atoms with E-state index >= 15 is 0 Å². The Hall–Kier alpha value is -2.96. The van der Waals surface area contributed by atoms with Gasteiger partial charge in [0.05, 0.1) is 5.69 Å². The Labute approximate surface area is 149 Å². The largest absolute Gasteiger partial charge is 0.351 e. The van der Waals surface area contributed by atoms with Gasteiger partial charge in [-0.25, -0.2) is 14.4 Å². The molecule has 132 valence electrons. The van der Waals surface area contributed by atoms with Gasteiger partial charge in [-0.15, -0.1) is 0 Å². The number of aromatic amines is 1. The van der Waals surface area contributed by atoms with Gasteiger partial charge in [0.1, 0.15) is 5.65 Å². The summed E-state index contributed by atoms with van der Waals surface area (Å²) in [5, 5.41) is 4.23. The third-order valence-corrected chi connectivity index (χ3v) is 5.06. The summed E-state index contributed by atoms with van der Waals surface area (Å²) in [6.45, 7) is 4.01. The van der Waals surface area contributed by atoms with Gasteiger partial charge >= 0.3 is 0 Å². The highest BCUT2D eigenvalue weighted by Gasteiger charge is 2.28. The summed E-state index contributed by atoms with van der Waals surface area (Å²) in [7, 11) is 0. The number of anilines is 1. The number of nitrogens with one attached hydrogen (secondary N) is 2. The van der Waals surface area contributed by atoms with Gasteiger partial charge in [0, 0.05) is 47.3 Å². The lowest BCUT2D eigenvalue weighted by atomic mass is 10.1. The number of halogens is 1. The maximum absolute atomic E-state index is 14.4. The minimum Gasteiger partial charge on any atom is -0.351 e. The predicted octanol–water partition coefficient (Wildman–Crippen LogP) is 3.93. The Kier molecular flexibility index (Phi) is 3.25. The standard InChI is InChI=1S/C19H19FN6/c1-10-8-26-9-13(5-16(20)18(26)23-10)14-6-21-17-15(14)7-22-19(25-17)24-11(2)12-3-4-12/h5-9,11-12H,3-4H2,1-2H3,(H2,21,22,24,25)/t11-/m1/s1. The molecule has 0 radical (unpaired) electrons. The van der Waals surface area contributed by atoms with E-state index in [2.05, 4.69) is 32.2 Å². The van der Waals surface area contributed by atoms with E-state index in [-0.39, 0.29) is 5.82 Å². The van der Waals surface area contributed by atoms with Gasteiger partial charge < -0.3 is 14.7 Å². The third kappa shape index (κ3) is 2.51. The van der Waals surface area contributed by atoms with Crippen molar-refractivity contribution >= 4 is 22.6 Å². The van der Waals surface area contributed by atoms with Crippen LogP contribution in [0.15, 0.2) is 30.9 Å². The SMILES string of the molecule is Cc1cn2cc(-c3c[nH]c4nc(N[C@H](C)C5CC5)ncc34)cc(F)c2n1. The van der Waals surface area contributed by atoms with Crippen molar-refractivity contribution in [2.24, 2.45) is 5.92 Å². The molecule has 0 aromatic carbocycles. The Morgan fingerprint density at radius 3 is 2.96 bits per heavy atom. The lowest BCUT2D eigenvalue weighted by Crippen LogP contribution is -2.18. The molecule has 0 bridgehead atoms. The van der Waals surface area contributed by atoms with E-state index < -0.39 is 0 Å². The molecule has 1 aliphatic carbocycles. The molecule has 4 aromatic heterocycles. The minimum absolute atomic E-state index is 0.336. The molecule has 6 nitrogen and oxygen atoms in total. The fourth-order valence-electron chi connectivity index (χ4n) is 3.46. The summed E-state index contributed by atoms with van der Waals surface area (Å²) in [5.74, 6) is 1.00. The summed E-state index contributed by atoms with van der Waals surface area (Å²) in [4.78, 5) is 16.4. The first-order valence-corrected chi connectivity index (χ1v) is 8.84. The lowest BCUT2D eigenvalue weighted by molar-refractivity contribution is 0.630. The molecule has 0 amide bonds. The quantitative estimate of drug-likeness (QED) is 0.585. The molecule has 1 atom stereocenters. The highest BCUT2D eigenvalue weighted by Crippen LogP contribution is 2.34. The first kappa shape index (κ1) is 15.3. The molecule has 0 unspecified atom stereocenters. The van der Waals surface area contributed by atoms with Crippen molar-refractivity contribution in [1.29, 1.82) is 0 Å². The van der Waals surface area contributed by atoms with Crippen molar-refractivity contribution in [3.63, 3.8) is 0 Å². The highest BCUT2D eigenvalue weighted by molar-refractivity contribution is 5.93. The van der Waals surface area contributed by atoms with Crippen molar-refractivity contribution in [2.75, 3.05) is 5.32 Å². The number of aryl methyl sites for hydroxylation is 1. The van der Waals surface area contributed by atoms with Crippen LogP contribution in [0.2, 0.25) is 0 Å². The van der Waals surface area contributed by atoms with Gasteiger partial charge in [-0.3, -0.25) is 0 Å². The molecule has 1 fully saturated rings. The van der Waals surface area contributed by atoms with Crippen LogP contribution < -0.4 is 5.32 Å². The van der Waals surface area contributed by atoms with E-state index in [1.807, 2.05) is 25.5 Å². The van der Waals surface area contributed by atoms with Gasteiger partial charge in [0.25, 0.3) is 0 Å². The maximum atomic E-state index is 14.4. The number of imidazole rings is 1. The summed E-state index contributed by atoms with van der Waals surface area (Å²) in [6.07, 6.45) is 9.86. The molecular weight excluding hydrogens is 331 g/mol. The number of pyridine rings is 1.